The third kappa shape index (κ3) is 1.81. The van der Waals surface area contributed by atoms with Gasteiger partial charge in [0.2, 0.25) is 5.43 Å². The molecule has 3 N–H and O–H groups in total. The van der Waals surface area contributed by atoms with E-state index in [-0.39, 0.29) is 11.2 Å². The molecule has 1 aromatic rings. The second kappa shape index (κ2) is 3.21. The van der Waals surface area contributed by atoms with E-state index >= 15 is 0 Å². The first kappa shape index (κ1) is 7.81. The molecule has 0 atom stereocenters. The minimum atomic E-state index is -0.363. The molecule has 0 aliphatic heterocycles. The third-order valence-corrected chi connectivity index (χ3v) is 1.35. The molecule has 0 saturated heterocycles. The van der Waals surface area contributed by atoms with Crippen molar-refractivity contribution in [2.45, 2.75) is 6.54 Å². The quantitative estimate of drug-likeness (QED) is 0.604. The van der Waals surface area contributed by atoms with Gasteiger partial charge in [-0.05, 0) is 0 Å². The van der Waals surface area contributed by atoms with E-state index in [4.69, 9.17) is 10.8 Å². The number of nitrogens with two attached hydrogens (primary N) is 1. The summed E-state index contributed by atoms with van der Waals surface area (Å²) in [6, 6.07) is 1.31. The molecule has 1 rings (SSSR count). The highest BCUT2D eigenvalue weighted by Gasteiger charge is 1.94. The lowest BCUT2D eigenvalue weighted by Gasteiger charge is -2.02. The number of aromatic hydroxyl groups is 1. The molecule has 0 aliphatic rings. The number of pyridine rings is 1. The van der Waals surface area contributed by atoms with Gasteiger partial charge in [0.05, 0.1) is 0 Å². The van der Waals surface area contributed by atoms with E-state index in [0.717, 1.165) is 0 Å². The second-order valence-corrected chi connectivity index (χ2v) is 2.22. The Morgan fingerprint density at radius 1 is 1.64 bits per heavy atom. The van der Waals surface area contributed by atoms with Gasteiger partial charge in [-0.25, -0.2) is 0 Å². The molecule has 0 bridgehead atoms. The van der Waals surface area contributed by atoms with Gasteiger partial charge in [-0.3, -0.25) is 4.79 Å². The zero-order chi connectivity index (χ0) is 8.27. The number of hydrogen-bond donors (Lipinski definition) is 2. The van der Waals surface area contributed by atoms with Gasteiger partial charge < -0.3 is 15.4 Å². The maximum Gasteiger partial charge on any atom is 0.223 e. The monoisotopic (exact) mass is 154 g/mol. The first-order chi connectivity index (χ1) is 5.24. The van der Waals surface area contributed by atoms with Crippen LogP contribution in [0.4, 0.5) is 0 Å². The maximum absolute atomic E-state index is 10.7. The Hall–Kier alpha value is -1.29. The number of hydrogen-bond acceptors (Lipinski definition) is 3. The van der Waals surface area contributed by atoms with Gasteiger partial charge in [0.25, 0.3) is 0 Å². The van der Waals surface area contributed by atoms with E-state index in [1.54, 1.807) is 10.8 Å². The summed E-state index contributed by atoms with van der Waals surface area (Å²) in [5.74, 6) is -0.235. The van der Waals surface area contributed by atoms with Gasteiger partial charge >= 0.3 is 0 Å². The van der Waals surface area contributed by atoms with Crippen molar-refractivity contribution in [2.75, 3.05) is 6.54 Å². The molecule has 4 heteroatoms. The maximum atomic E-state index is 10.7. The summed E-state index contributed by atoms with van der Waals surface area (Å²) in [7, 11) is 0. The Morgan fingerprint density at radius 2 is 2.36 bits per heavy atom. The van der Waals surface area contributed by atoms with Crippen molar-refractivity contribution < 1.29 is 5.11 Å². The fourth-order valence-corrected chi connectivity index (χ4v) is 0.801. The van der Waals surface area contributed by atoms with Crippen molar-refractivity contribution in [1.82, 2.24) is 4.57 Å². The van der Waals surface area contributed by atoms with Crippen molar-refractivity contribution in [3.63, 3.8) is 0 Å². The lowest BCUT2D eigenvalue weighted by molar-refractivity contribution is 0.460. The van der Waals surface area contributed by atoms with E-state index in [9.17, 15) is 4.79 Å². The van der Waals surface area contributed by atoms with Crippen molar-refractivity contribution in [3.05, 3.63) is 28.7 Å². The number of aromatic nitrogens is 1. The molecular weight excluding hydrogens is 144 g/mol. The summed E-state index contributed by atoms with van der Waals surface area (Å²) in [6.07, 6.45) is 2.96. The number of rotatable bonds is 2. The second-order valence-electron chi connectivity index (χ2n) is 2.22. The lowest BCUT2D eigenvalue weighted by atomic mass is 10.4. The Balaban J connectivity index is 2.96. The SMILES string of the molecule is NCCn1ccc(=O)c(O)c1. The molecule has 0 aromatic carbocycles. The van der Waals surface area contributed by atoms with E-state index < -0.39 is 0 Å². The predicted octanol–water partition coefficient (Wildman–Crippen LogP) is -0.487. The van der Waals surface area contributed by atoms with Crippen LogP contribution in [0.1, 0.15) is 0 Å². The lowest BCUT2D eigenvalue weighted by Crippen LogP contribution is -2.11. The molecule has 4 nitrogen and oxygen atoms in total. The molecule has 0 saturated carbocycles. The molecule has 0 unspecified atom stereocenters. The van der Waals surface area contributed by atoms with E-state index in [1.165, 1.54) is 12.3 Å². The van der Waals surface area contributed by atoms with Crippen molar-refractivity contribution in [2.24, 2.45) is 5.73 Å². The van der Waals surface area contributed by atoms with Crippen LogP contribution in [0.3, 0.4) is 0 Å². The van der Waals surface area contributed by atoms with Gasteiger partial charge in [0, 0.05) is 31.5 Å². The van der Waals surface area contributed by atoms with Gasteiger partial charge in [-0.15, -0.1) is 0 Å². The van der Waals surface area contributed by atoms with Crippen LogP contribution in [0.25, 0.3) is 0 Å². The smallest absolute Gasteiger partial charge is 0.223 e. The first-order valence-electron chi connectivity index (χ1n) is 3.33. The van der Waals surface area contributed by atoms with Crippen LogP contribution in [0, 0.1) is 0 Å². The molecule has 0 aliphatic carbocycles. The molecular formula is C7H10N2O2. The molecule has 0 radical (unpaired) electrons. The summed E-state index contributed by atoms with van der Waals surface area (Å²) >= 11 is 0. The summed E-state index contributed by atoms with van der Waals surface area (Å²) in [5, 5.41) is 8.95. The summed E-state index contributed by atoms with van der Waals surface area (Å²) in [6.45, 7) is 1.09. The molecule has 60 valence electrons. The van der Waals surface area contributed by atoms with E-state index in [1.807, 2.05) is 0 Å². The van der Waals surface area contributed by atoms with Crippen LogP contribution in [-0.2, 0) is 6.54 Å². The highest BCUT2D eigenvalue weighted by atomic mass is 16.3. The average molecular weight is 154 g/mol. The van der Waals surface area contributed by atoms with Gasteiger partial charge in [0.1, 0.15) is 0 Å². The fourth-order valence-electron chi connectivity index (χ4n) is 0.801. The Kier molecular flexibility index (Phi) is 2.28. The van der Waals surface area contributed by atoms with Crippen molar-refractivity contribution in [1.29, 1.82) is 0 Å². The number of nitrogens with zero attached hydrogens (tertiary/aromatic N) is 1. The van der Waals surface area contributed by atoms with Crippen molar-refractivity contribution >= 4 is 0 Å². The molecule has 1 aromatic heterocycles. The molecule has 1 heterocycles. The highest BCUT2D eigenvalue weighted by molar-refractivity contribution is 5.14. The van der Waals surface area contributed by atoms with E-state index in [0.29, 0.717) is 13.1 Å². The van der Waals surface area contributed by atoms with E-state index in [2.05, 4.69) is 0 Å². The molecule has 0 amide bonds. The first-order valence-corrected chi connectivity index (χ1v) is 3.33. The molecule has 11 heavy (non-hydrogen) atoms. The highest BCUT2D eigenvalue weighted by Crippen LogP contribution is 1.97. The van der Waals surface area contributed by atoms with Gasteiger partial charge in [-0.2, -0.15) is 0 Å². The summed E-state index contributed by atoms with van der Waals surface area (Å²) in [5.41, 5.74) is 4.91. The third-order valence-electron chi connectivity index (χ3n) is 1.35. The topological polar surface area (TPSA) is 68.2 Å². The zero-order valence-corrected chi connectivity index (χ0v) is 6.03. The standard InChI is InChI=1S/C7H10N2O2/c8-2-4-9-3-1-6(10)7(11)5-9/h1,3,5,11H,2,4,8H2. The Labute approximate surface area is 63.9 Å². The minimum absolute atomic E-state index is 0.235. The normalized spacial score (nSPS) is 9.91. The predicted molar refractivity (Wildman–Crippen MR) is 41.4 cm³/mol. The van der Waals surface area contributed by atoms with Crippen LogP contribution in [0.15, 0.2) is 23.3 Å². The molecule has 0 fully saturated rings. The van der Waals surface area contributed by atoms with Crippen LogP contribution < -0.4 is 11.2 Å². The largest absolute Gasteiger partial charge is 0.503 e. The van der Waals surface area contributed by atoms with Crippen molar-refractivity contribution in [3.8, 4) is 5.75 Å². The Morgan fingerprint density at radius 3 is 2.91 bits per heavy atom. The summed E-state index contributed by atoms with van der Waals surface area (Å²) < 4.78 is 1.66. The van der Waals surface area contributed by atoms with Crippen LogP contribution in [-0.4, -0.2) is 16.2 Å². The van der Waals surface area contributed by atoms with Crippen LogP contribution in [0.5, 0.6) is 5.75 Å². The average Bonchev–Trinajstić information content (AvgIpc) is 1.98. The van der Waals surface area contributed by atoms with Gasteiger partial charge in [-0.1, -0.05) is 0 Å². The molecule has 0 spiro atoms. The fraction of sp³-hybridized carbons (Fsp3) is 0.286. The van der Waals surface area contributed by atoms with Gasteiger partial charge in [0.15, 0.2) is 5.75 Å². The Bertz CT molecular complexity index is 293. The van der Waals surface area contributed by atoms with Crippen LogP contribution in [0.2, 0.25) is 0 Å². The summed E-state index contributed by atoms with van der Waals surface area (Å²) in [4.78, 5) is 10.7. The zero-order valence-electron chi connectivity index (χ0n) is 6.03. The minimum Gasteiger partial charge on any atom is -0.503 e. The van der Waals surface area contributed by atoms with Crippen LogP contribution >= 0.6 is 0 Å².